The Balaban J connectivity index is 1.07. The van der Waals surface area contributed by atoms with Gasteiger partial charge in [0.05, 0.1) is 107 Å². The van der Waals surface area contributed by atoms with E-state index in [2.05, 4.69) is 0 Å². The second kappa shape index (κ2) is 29.1. The third-order valence-electron chi connectivity index (χ3n) is 14.7. The van der Waals surface area contributed by atoms with Gasteiger partial charge in [0.2, 0.25) is 17.4 Å². The van der Waals surface area contributed by atoms with Crippen LogP contribution in [0.25, 0.3) is 21.5 Å². The van der Waals surface area contributed by atoms with Gasteiger partial charge in [-0.3, -0.25) is 22.8 Å². The molecule has 29 nitrogen and oxygen atoms in total. The molecule has 490 valence electrons. The van der Waals surface area contributed by atoms with Gasteiger partial charge in [0.25, 0.3) is 50.6 Å². The Morgan fingerprint density at radius 1 is 0.573 bits per heavy atom. The smallest absolute Gasteiger partial charge is 0.335 e. The molecule has 0 amide bonds. The maximum absolute atomic E-state index is 12.8. The Kier molecular flexibility index (Phi) is 23.0. The van der Waals surface area contributed by atoms with Crippen LogP contribution in [0, 0.1) is 0 Å². The molecule has 34 heteroatoms. The standard InChI is InChI=1S/C55H69N3O26S5/c1-54(2)47(7-5-8-48-55(3,16-6-32-85(62,63)64)53-42-34-38(87(68,69)70)36-46(89(74,75)76)40(42)10-12-44(53)57(48)17-20-77-4)56(43-11-9-39-41(52(43)54)33-37(86(65,66)67)35-45(39)88(71,72)73)18-21-79-23-25-81-27-29-83-31-30-82-28-26-80-24-22-78-19-15-51(61)84-58-49(59)13-14-50(58)60/h5,7-14,33-36H,6,15-32H2,1-4H3,(H6-,59,60,62,63,64,65,66,67,68,69,70,71,72,73,74,75,76)/p+1. The highest BCUT2D eigenvalue weighted by atomic mass is 32.2. The summed E-state index contributed by atoms with van der Waals surface area (Å²) in [4.78, 5) is 15.2. The predicted molar refractivity (Wildman–Crippen MR) is 318 cm³/mol. The summed E-state index contributed by atoms with van der Waals surface area (Å²) in [6, 6.07) is 11.6. The van der Waals surface area contributed by atoms with Gasteiger partial charge in [0.1, 0.15) is 16.4 Å². The van der Waals surface area contributed by atoms with E-state index < -0.39 is 104 Å². The highest BCUT2D eigenvalue weighted by Gasteiger charge is 2.48. The lowest BCUT2D eigenvalue weighted by atomic mass is 9.75. The summed E-state index contributed by atoms with van der Waals surface area (Å²) in [5, 5.41) is 18.9. The number of carbonyl (C=O) groups is 1. The molecular weight excluding hydrogens is 1280 g/mol. The van der Waals surface area contributed by atoms with Crippen LogP contribution in [0.15, 0.2) is 104 Å². The average molecular weight is 1350 g/mol. The van der Waals surface area contributed by atoms with Crippen LogP contribution >= 0.6 is 0 Å². The van der Waals surface area contributed by atoms with Crippen molar-refractivity contribution in [2.75, 3.05) is 117 Å². The van der Waals surface area contributed by atoms with Crippen LogP contribution in [0.4, 0.5) is 11.4 Å². The molecule has 0 bridgehead atoms. The van der Waals surface area contributed by atoms with Crippen LogP contribution in [-0.4, -0.2) is 208 Å². The summed E-state index contributed by atoms with van der Waals surface area (Å²) in [6.07, 6.45) is 4.62. The molecule has 0 fully saturated rings. The molecule has 4 aromatic carbocycles. The van der Waals surface area contributed by atoms with Gasteiger partial charge in [-0.25, -0.2) is 4.79 Å². The number of carbonyl (C=O) groups excluding carboxylic acids is 1. The molecule has 0 saturated carbocycles. The molecule has 0 spiro atoms. The molecule has 1 atom stereocenters. The first-order chi connectivity index (χ1) is 41.7. The van der Waals surface area contributed by atoms with Crippen LogP contribution in [-0.2, 0) is 99.4 Å². The van der Waals surface area contributed by atoms with E-state index in [1.807, 2.05) is 4.58 Å². The fraction of sp³-hybridized carbons (Fsp3) is 0.455. The van der Waals surface area contributed by atoms with Crippen molar-refractivity contribution in [2.45, 2.75) is 70.4 Å². The second-order valence-electron chi connectivity index (χ2n) is 21.0. The van der Waals surface area contributed by atoms with Crippen LogP contribution in [0.2, 0.25) is 0 Å². The first-order valence-corrected chi connectivity index (χ1v) is 34.7. The number of hydrogen-bond donors (Lipinski definition) is 7. The number of methoxy groups -OCH3 is 1. The Bertz CT molecular complexity index is 4110. The van der Waals surface area contributed by atoms with E-state index in [1.165, 1.54) is 25.3 Å². The molecule has 1 aromatic heterocycles. The average Bonchev–Trinajstić information content (AvgIpc) is 1.62. The van der Waals surface area contributed by atoms with E-state index in [1.54, 1.807) is 50.0 Å². The number of aromatic hydroxyl groups is 2. The molecule has 1 unspecified atom stereocenters. The molecule has 2 aliphatic heterocycles. The molecule has 7 rings (SSSR count). The fourth-order valence-corrected chi connectivity index (χ4v) is 14.0. The molecule has 3 heterocycles. The van der Waals surface area contributed by atoms with E-state index in [0.29, 0.717) is 45.2 Å². The van der Waals surface area contributed by atoms with Crippen molar-refractivity contribution in [3.05, 3.63) is 95.7 Å². The number of nitrogens with zero attached hydrogens (tertiary/aromatic N) is 3. The number of fused-ring (bicyclic) bond motifs is 6. The maximum Gasteiger partial charge on any atom is 0.335 e. The Morgan fingerprint density at radius 3 is 1.52 bits per heavy atom. The maximum atomic E-state index is 12.8. The summed E-state index contributed by atoms with van der Waals surface area (Å²) >= 11 is 0. The van der Waals surface area contributed by atoms with Crippen LogP contribution < -0.4 is 9.74 Å². The quantitative estimate of drug-likeness (QED) is 0.0169. The second-order valence-corrected chi connectivity index (χ2v) is 28.2. The van der Waals surface area contributed by atoms with Crippen LogP contribution in [0.5, 0.6) is 11.8 Å². The van der Waals surface area contributed by atoms with Crippen molar-refractivity contribution >= 4 is 95.2 Å². The zero-order valence-electron chi connectivity index (χ0n) is 48.7. The lowest BCUT2D eigenvalue weighted by Crippen LogP contribution is -2.31. The first-order valence-electron chi connectivity index (χ1n) is 27.4. The number of benzene rings is 4. The number of allylic oxidation sites excluding steroid dienone is 4. The highest BCUT2D eigenvalue weighted by Crippen LogP contribution is 2.54. The summed E-state index contributed by atoms with van der Waals surface area (Å²) < 4.78 is 219. The first kappa shape index (κ1) is 70.4. The van der Waals surface area contributed by atoms with Crippen LogP contribution in [0.3, 0.4) is 0 Å². The Morgan fingerprint density at radius 2 is 1.04 bits per heavy atom. The molecule has 7 N–H and O–H groups in total. The van der Waals surface area contributed by atoms with Crippen molar-refractivity contribution in [1.29, 1.82) is 0 Å². The van der Waals surface area contributed by atoms with Crippen LogP contribution in [0.1, 0.15) is 51.2 Å². The van der Waals surface area contributed by atoms with Crippen molar-refractivity contribution in [3.63, 3.8) is 0 Å². The topological polar surface area (TPSA) is 414 Å². The van der Waals surface area contributed by atoms with Gasteiger partial charge < -0.3 is 53.1 Å². The van der Waals surface area contributed by atoms with Gasteiger partial charge >= 0.3 is 5.97 Å². The number of ether oxygens (including phenoxy) is 7. The largest absolute Gasteiger partial charge is 0.492 e. The summed E-state index contributed by atoms with van der Waals surface area (Å²) in [7, 11) is -23.5. The Hall–Kier alpha value is -6.03. The molecule has 5 aromatic rings. The predicted octanol–water partition coefficient (Wildman–Crippen LogP) is 4.25. The van der Waals surface area contributed by atoms with Crippen molar-refractivity contribution in [1.82, 2.24) is 4.73 Å². The van der Waals surface area contributed by atoms with Crippen molar-refractivity contribution < 1.29 is 122 Å². The minimum absolute atomic E-state index is 0.0300. The van der Waals surface area contributed by atoms with E-state index >= 15 is 0 Å². The van der Waals surface area contributed by atoms with Gasteiger partial charge in [-0.1, -0.05) is 12.1 Å². The molecular formula is C55H70N3O26S5+. The number of anilines is 1. The third-order valence-corrected chi connectivity index (χ3v) is 18.9. The number of aromatic nitrogens is 1. The SMILES string of the molecule is COCCN1C(=CC=CC2=[N+](CCOCCOCCOCCOCCOCCOCCC(=O)On3c(O)ccc3O)c3ccc4c(S(=O)(=O)O)cc(S(=O)(=O)O)cc4c3C2(C)C)C(C)(CCCS(=O)(=O)O)c2c1ccc1c(S(=O)(=O)O)cc(S(=O)(=O)O)cc21. The van der Waals surface area contributed by atoms with Gasteiger partial charge in [0.15, 0.2) is 12.3 Å². The molecule has 0 radical (unpaired) electrons. The monoisotopic (exact) mass is 1350 g/mol. The molecule has 0 aliphatic carbocycles. The molecule has 2 aliphatic rings. The minimum Gasteiger partial charge on any atom is -0.492 e. The minimum atomic E-state index is -5.15. The van der Waals surface area contributed by atoms with Gasteiger partial charge in [-0.15, -0.1) is 4.73 Å². The summed E-state index contributed by atoms with van der Waals surface area (Å²) in [5.41, 5.74) is -0.0929. The lowest BCUT2D eigenvalue weighted by molar-refractivity contribution is -0.442. The van der Waals surface area contributed by atoms with Gasteiger partial charge in [-0.05, 0) is 92.4 Å². The van der Waals surface area contributed by atoms with Gasteiger partial charge in [0, 0.05) is 71.1 Å². The zero-order valence-corrected chi connectivity index (χ0v) is 52.8. The van der Waals surface area contributed by atoms with E-state index in [-0.39, 0.29) is 145 Å². The van der Waals surface area contributed by atoms with Crippen molar-refractivity contribution in [3.8, 4) is 11.8 Å². The highest BCUT2D eigenvalue weighted by molar-refractivity contribution is 7.87. The van der Waals surface area contributed by atoms with E-state index in [9.17, 15) is 79.9 Å². The lowest BCUT2D eigenvalue weighted by Gasteiger charge is -2.31. The summed E-state index contributed by atoms with van der Waals surface area (Å²) in [5.74, 6) is -2.31. The summed E-state index contributed by atoms with van der Waals surface area (Å²) in [6.45, 7) is 7.92. The Labute approximate surface area is 514 Å². The van der Waals surface area contributed by atoms with E-state index in [4.69, 9.17) is 38.0 Å². The van der Waals surface area contributed by atoms with Crippen molar-refractivity contribution in [2.24, 2.45) is 0 Å². The van der Waals surface area contributed by atoms with E-state index in [0.717, 1.165) is 24.3 Å². The normalized spacial score (nSPS) is 16.8. The number of hydrogen-bond acceptors (Lipinski definition) is 22. The molecule has 0 saturated heterocycles. The van der Waals surface area contributed by atoms with Gasteiger partial charge in [-0.2, -0.15) is 46.7 Å². The molecule has 89 heavy (non-hydrogen) atoms. The number of rotatable bonds is 35. The third kappa shape index (κ3) is 17.3. The fourth-order valence-electron chi connectivity index (χ4n) is 10.8. The zero-order chi connectivity index (χ0) is 65.3.